The highest BCUT2D eigenvalue weighted by Crippen LogP contribution is 2.60. The number of hydrogen-bond donors (Lipinski definition) is 1. The molecule has 2 amide bonds. The van der Waals surface area contributed by atoms with Crippen LogP contribution in [0.4, 0.5) is 0 Å². The van der Waals surface area contributed by atoms with E-state index in [1.54, 1.807) is 22.8 Å². The van der Waals surface area contributed by atoms with Crippen LogP contribution in [-0.4, -0.2) is 87.6 Å². The van der Waals surface area contributed by atoms with Gasteiger partial charge in [-0.1, -0.05) is 22.0 Å². The summed E-state index contributed by atoms with van der Waals surface area (Å²) < 4.78 is 11.7. The van der Waals surface area contributed by atoms with Gasteiger partial charge in [-0.2, -0.15) is 0 Å². The second-order valence-corrected chi connectivity index (χ2v) is 9.93. The Bertz CT molecular complexity index is 731. The molecule has 174 valence electrons. The molecule has 3 saturated heterocycles. The van der Waals surface area contributed by atoms with Crippen molar-refractivity contribution in [3.63, 3.8) is 0 Å². The lowest BCUT2D eigenvalue weighted by Crippen LogP contribution is -2.58. The molecule has 0 aromatic heterocycles. The maximum Gasteiger partial charge on any atom is 0.312 e. The van der Waals surface area contributed by atoms with Crippen LogP contribution in [0.1, 0.15) is 40.0 Å². The number of unbranched alkanes of at least 4 members (excludes halogenated alkanes) is 1. The van der Waals surface area contributed by atoms with Gasteiger partial charge in [-0.25, -0.2) is 0 Å². The van der Waals surface area contributed by atoms with E-state index in [4.69, 9.17) is 9.47 Å². The molecule has 2 bridgehead atoms. The van der Waals surface area contributed by atoms with Gasteiger partial charge in [0.1, 0.15) is 11.6 Å². The first-order valence-corrected chi connectivity index (χ1v) is 12.0. The molecule has 3 aliphatic rings. The number of rotatable bonds is 10. The second-order valence-electron chi connectivity index (χ2n) is 8.75. The molecule has 1 N–H and O–H groups in total. The first-order valence-electron chi connectivity index (χ1n) is 11.1. The molecule has 0 radical (unpaired) electrons. The molecular weight excluding hydrogens is 468 g/mol. The van der Waals surface area contributed by atoms with E-state index in [-0.39, 0.29) is 35.9 Å². The number of aliphatic hydroxyl groups excluding tert-OH is 1. The summed E-state index contributed by atoms with van der Waals surface area (Å²) in [5.41, 5.74) is -1.07. The summed E-state index contributed by atoms with van der Waals surface area (Å²) in [6.07, 6.45) is 2.71. The average molecular weight is 501 g/mol. The highest BCUT2D eigenvalue weighted by molar-refractivity contribution is 9.09. The van der Waals surface area contributed by atoms with E-state index in [0.717, 1.165) is 0 Å². The summed E-state index contributed by atoms with van der Waals surface area (Å²) in [7, 11) is 0. The minimum Gasteiger partial charge on any atom is -0.466 e. The van der Waals surface area contributed by atoms with E-state index in [9.17, 15) is 19.5 Å². The molecule has 1 spiro atoms. The third kappa shape index (κ3) is 3.93. The van der Waals surface area contributed by atoms with E-state index < -0.39 is 35.6 Å². The molecule has 0 saturated carbocycles. The molecular formula is C22H33BrN2O6. The molecule has 3 rings (SSSR count). The van der Waals surface area contributed by atoms with Crippen LogP contribution in [0.2, 0.25) is 0 Å². The van der Waals surface area contributed by atoms with Crippen molar-refractivity contribution in [3.05, 3.63) is 12.7 Å². The van der Waals surface area contributed by atoms with Crippen molar-refractivity contribution in [3.8, 4) is 0 Å². The number of amides is 2. The van der Waals surface area contributed by atoms with Crippen LogP contribution in [0.3, 0.4) is 0 Å². The van der Waals surface area contributed by atoms with Crippen LogP contribution in [-0.2, 0) is 23.9 Å². The lowest BCUT2D eigenvalue weighted by molar-refractivity contribution is -0.155. The number of likely N-dealkylation sites (tertiary alicyclic amines) is 1. The third-order valence-electron chi connectivity index (χ3n) is 6.62. The maximum absolute atomic E-state index is 13.8. The summed E-state index contributed by atoms with van der Waals surface area (Å²) in [6.45, 7) is 10.2. The zero-order valence-electron chi connectivity index (χ0n) is 18.5. The lowest BCUT2D eigenvalue weighted by atomic mass is 9.70. The summed E-state index contributed by atoms with van der Waals surface area (Å²) >= 11 is 3.63. The normalized spacial score (nSPS) is 33.7. The van der Waals surface area contributed by atoms with Gasteiger partial charge >= 0.3 is 5.97 Å². The Kier molecular flexibility index (Phi) is 7.48. The molecule has 3 fully saturated rings. The van der Waals surface area contributed by atoms with Gasteiger partial charge in [0.05, 0.1) is 24.5 Å². The minimum absolute atomic E-state index is 0.0112. The van der Waals surface area contributed by atoms with Crippen LogP contribution >= 0.6 is 15.9 Å². The van der Waals surface area contributed by atoms with Crippen molar-refractivity contribution in [2.75, 3.05) is 26.3 Å². The van der Waals surface area contributed by atoms with E-state index >= 15 is 0 Å². The fourth-order valence-corrected chi connectivity index (χ4v) is 6.35. The van der Waals surface area contributed by atoms with Crippen LogP contribution in [0.25, 0.3) is 0 Å². The fraction of sp³-hybridized carbons (Fsp3) is 0.773. The Morgan fingerprint density at radius 2 is 2.16 bits per heavy atom. The van der Waals surface area contributed by atoms with Gasteiger partial charge in [0.15, 0.2) is 0 Å². The van der Waals surface area contributed by atoms with Crippen LogP contribution in [0, 0.1) is 11.8 Å². The van der Waals surface area contributed by atoms with Crippen molar-refractivity contribution < 1.29 is 29.0 Å². The first kappa shape index (κ1) is 24.2. The summed E-state index contributed by atoms with van der Waals surface area (Å²) in [4.78, 5) is 43.4. The number of carbonyl (C=O) groups is 3. The van der Waals surface area contributed by atoms with Crippen molar-refractivity contribution in [2.24, 2.45) is 11.8 Å². The number of fused-ring (bicyclic) bond motifs is 1. The predicted octanol–water partition coefficient (Wildman–Crippen LogP) is 1.49. The topological polar surface area (TPSA) is 96.4 Å². The Labute approximate surface area is 192 Å². The smallest absolute Gasteiger partial charge is 0.312 e. The molecule has 0 aromatic rings. The molecule has 3 heterocycles. The van der Waals surface area contributed by atoms with Crippen LogP contribution < -0.4 is 0 Å². The summed E-state index contributed by atoms with van der Waals surface area (Å²) in [6, 6.07) is -0.912. The molecule has 9 heteroatoms. The standard InChI is InChI=1S/C22H33BrN2O6/c1-5-9-24(13(3)4)20(28)18-22-12-14(23)17(31-22)15(21(29)30-6-2)16(22)19(27)25(18)10-7-8-11-26/h5,13-18,26H,1,6-12H2,2-4H3/t14?,15-,16+,17-,18-,22+/m1/s1. The van der Waals surface area contributed by atoms with E-state index in [1.807, 2.05) is 13.8 Å². The SMILES string of the molecule is C=CCN(C(=O)[C@H]1N(CCCCO)C(=O)[C@@H]2[C@@H](C(=O)OCC)[C@@H]3O[C@@]21CC3Br)C(C)C. The molecule has 31 heavy (non-hydrogen) atoms. The van der Waals surface area contributed by atoms with Gasteiger partial charge in [-0.15, -0.1) is 6.58 Å². The largest absolute Gasteiger partial charge is 0.466 e. The summed E-state index contributed by atoms with van der Waals surface area (Å²) in [5, 5.41) is 9.20. The van der Waals surface area contributed by atoms with Gasteiger partial charge in [-0.3, -0.25) is 14.4 Å². The average Bonchev–Trinajstić information content (AvgIpc) is 3.30. The van der Waals surface area contributed by atoms with Gasteiger partial charge < -0.3 is 24.4 Å². The highest BCUT2D eigenvalue weighted by Gasteiger charge is 2.77. The number of halogens is 1. The van der Waals surface area contributed by atoms with Crippen molar-refractivity contribution in [2.45, 2.75) is 68.6 Å². The summed E-state index contributed by atoms with van der Waals surface area (Å²) in [5.74, 6) is -2.37. The van der Waals surface area contributed by atoms with E-state index in [2.05, 4.69) is 22.5 Å². The second kappa shape index (κ2) is 9.58. The Hall–Kier alpha value is -1.45. The Balaban J connectivity index is 2.04. The van der Waals surface area contributed by atoms with E-state index in [0.29, 0.717) is 32.4 Å². The molecule has 0 aliphatic carbocycles. The quantitative estimate of drug-likeness (QED) is 0.211. The van der Waals surface area contributed by atoms with E-state index in [1.165, 1.54) is 0 Å². The maximum atomic E-state index is 13.8. The molecule has 0 aromatic carbocycles. The first-order chi connectivity index (χ1) is 14.7. The Morgan fingerprint density at radius 3 is 2.74 bits per heavy atom. The number of nitrogens with zero attached hydrogens (tertiary/aromatic N) is 2. The molecule has 1 unspecified atom stereocenters. The van der Waals surface area contributed by atoms with Gasteiger partial charge in [0.25, 0.3) is 0 Å². The molecule has 8 nitrogen and oxygen atoms in total. The minimum atomic E-state index is -1.07. The van der Waals surface area contributed by atoms with Crippen LogP contribution in [0.15, 0.2) is 12.7 Å². The lowest BCUT2D eigenvalue weighted by Gasteiger charge is -2.38. The number of esters is 1. The molecule has 6 atom stereocenters. The highest BCUT2D eigenvalue weighted by atomic mass is 79.9. The van der Waals surface area contributed by atoms with Gasteiger partial charge in [0.2, 0.25) is 11.8 Å². The van der Waals surface area contributed by atoms with Crippen molar-refractivity contribution in [1.29, 1.82) is 0 Å². The fourth-order valence-electron chi connectivity index (χ4n) is 5.40. The third-order valence-corrected chi connectivity index (χ3v) is 7.47. The van der Waals surface area contributed by atoms with Crippen molar-refractivity contribution >= 4 is 33.7 Å². The monoisotopic (exact) mass is 500 g/mol. The predicted molar refractivity (Wildman–Crippen MR) is 117 cm³/mol. The number of aliphatic hydroxyl groups is 1. The number of hydrogen-bond acceptors (Lipinski definition) is 6. The van der Waals surface area contributed by atoms with Crippen LogP contribution in [0.5, 0.6) is 0 Å². The zero-order valence-corrected chi connectivity index (χ0v) is 20.0. The van der Waals surface area contributed by atoms with Gasteiger partial charge in [-0.05, 0) is 40.0 Å². The number of carbonyl (C=O) groups excluding carboxylic acids is 3. The Morgan fingerprint density at radius 1 is 1.45 bits per heavy atom. The number of ether oxygens (including phenoxy) is 2. The van der Waals surface area contributed by atoms with Gasteiger partial charge in [0, 0.05) is 30.6 Å². The zero-order chi connectivity index (χ0) is 22.9. The molecule has 3 aliphatic heterocycles. The number of alkyl halides is 1. The van der Waals surface area contributed by atoms with Crippen molar-refractivity contribution in [1.82, 2.24) is 9.80 Å².